The summed E-state index contributed by atoms with van der Waals surface area (Å²) in [5.41, 5.74) is 0.157. The molecule has 3 aliphatic rings. The summed E-state index contributed by atoms with van der Waals surface area (Å²) in [6, 6.07) is 23.3. The van der Waals surface area contributed by atoms with Crippen LogP contribution in [-0.4, -0.2) is 15.0 Å². The van der Waals surface area contributed by atoms with Gasteiger partial charge in [0.15, 0.2) is 34.9 Å². The van der Waals surface area contributed by atoms with Crippen LogP contribution in [0.1, 0.15) is 11.6 Å². The summed E-state index contributed by atoms with van der Waals surface area (Å²) in [7, 11) is 0. The minimum atomic E-state index is -0.235. The van der Waals surface area contributed by atoms with Crippen molar-refractivity contribution in [3.8, 4) is 23.5 Å². The van der Waals surface area contributed by atoms with Crippen LogP contribution in [0.5, 0.6) is 0 Å². The second-order valence-corrected chi connectivity index (χ2v) is 9.15. The van der Waals surface area contributed by atoms with E-state index in [1.165, 1.54) is 0 Å². The van der Waals surface area contributed by atoms with Crippen molar-refractivity contribution in [2.75, 3.05) is 0 Å². The van der Waals surface area contributed by atoms with Gasteiger partial charge in [-0.3, -0.25) is 0 Å². The standard InChI is InChI=1S/C31H11N13/c1-34-24(15-33)29-38-22-12-11-16(13-23(22)41-29)26-42-28(17(14-32)27-36-18-7-3-4-8-19(18)37-27)44-31(43-26)25(35-2)30-39-20-9-5-6-10-21(20)40-30/h3-13H/b29-24+. The molecule has 4 aromatic rings. The van der Waals surface area contributed by atoms with Crippen molar-refractivity contribution in [3.05, 3.63) is 157 Å². The Bertz CT molecular complexity index is 2440. The van der Waals surface area contributed by atoms with Gasteiger partial charge in [-0.15, -0.1) is 0 Å². The van der Waals surface area contributed by atoms with Gasteiger partial charge in [0.1, 0.15) is 11.6 Å². The number of para-hydroxylation sites is 4. The Morgan fingerprint density at radius 2 is 1.11 bits per heavy atom. The Kier molecular flexibility index (Phi) is 5.96. The van der Waals surface area contributed by atoms with Crippen molar-refractivity contribution in [1.29, 1.82) is 10.5 Å². The quantitative estimate of drug-likeness (QED) is 0.267. The average molecular weight is 566 g/mol. The Hall–Kier alpha value is -7.35. The lowest BCUT2D eigenvalue weighted by atomic mass is 10.2. The van der Waals surface area contributed by atoms with Crippen molar-refractivity contribution in [2.45, 2.75) is 0 Å². The normalized spacial score (nSPS) is 14.2. The smallest absolute Gasteiger partial charge is 0.238 e. The first-order valence-corrected chi connectivity index (χ1v) is 12.8. The molecule has 0 aliphatic carbocycles. The van der Waals surface area contributed by atoms with Crippen LogP contribution in [0.4, 0.5) is 0 Å². The number of fused-ring (bicyclic) bond motifs is 3. The highest BCUT2D eigenvalue weighted by Crippen LogP contribution is 2.26. The molecule has 0 radical (unpaired) electrons. The first kappa shape index (κ1) is 25.6. The predicted octanol–water partition coefficient (Wildman–Crippen LogP) is 1.05. The zero-order chi connectivity index (χ0) is 30.2. The fourth-order valence-electron chi connectivity index (χ4n) is 4.48. The summed E-state index contributed by atoms with van der Waals surface area (Å²) in [5.74, 6) is 0.267. The molecule has 0 fully saturated rings. The van der Waals surface area contributed by atoms with Gasteiger partial charge >= 0.3 is 5.70 Å². The Morgan fingerprint density at radius 3 is 1.68 bits per heavy atom. The second kappa shape index (κ2) is 10.2. The molecule has 13 heteroatoms. The molecule has 1 aromatic heterocycles. The topological polar surface area (TPSA) is 169 Å². The van der Waals surface area contributed by atoms with E-state index in [4.69, 9.17) is 13.1 Å². The summed E-state index contributed by atoms with van der Waals surface area (Å²) in [5, 5.41) is 22.7. The van der Waals surface area contributed by atoms with Crippen molar-refractivity contribution in [2.24, 2.45) is 30.0 Å². The predicted molar refractivity (Wildman–Crippen MR) is 150 cm³/mol. The molecule has 0 bridgehead atoms. The second-order valence-electron chi connectivity index (χ2n) is 9.15. The first-order valence-electron chi connectivity index (χ1n) is 12.8. The van der Waals surface area contributed by atoms with E-state index in [1.807, 2.05) is 24.3 Å². The third kappa shape index (κ3) is 4.29. The van der Waals surface area contributed by atoms with Gasteiger partial charge < -0.3 is 0 Å². The molecule has 0 saturated heterocycles. The number of benzene rings is 3. The van der Waals surface area contributed by atoms with E-state index >= 15 is 0 Å². The van der Waals surface area contributed by atoms with Gasteiger partial charge in [0.2, 0.25) is 0 Å². The maximum absolute atomic E-state index is 10.2. The third-order valence-electron chi connectivity index (χ3n) is 6.51. The Balaban J connectivity index is 1.47. The van der Waals surface area contributed by atoms with Gasteiger partial charge in [-0.1, -0.05) is 24.3 Å². The van der Waals surface area contributed by atoms with Crippen LogP contribution < -0.4 is 32.1 Å². The van der Waals surface area contributed by atoms with Gasteiger partial charge in [0.25, 0.3) is 5.70 Å². The number of rotatable bonds is 3. The summed E-state index contributed by atoms with van der Waals surface area (Å²) in [6.07, 6.45) is 0. The number of nitrogens with zero attached hydrogens (tertiary/aromatic N) is 13. The van der Waals surface area contributed by atoms with Crippen molar-refractivity contribution < 1.29 is 0 Å². The summed E-state index contributed by atoms with van der Waals surface area (Å²) >= 11 is 0. The van der Waals surface area contributed by atoms with Crippen LogP contribution in [0.2, 0.25) is 0 Å². The molecule has 200 valence electrons. The Morgan fingerprint density at radius 1 is 0.568 bits per heavy atom. The molecule has 7 rings (SSSR count). The minimum Gasteiger partial charge on any atom is -0.238 e. The largest absolute Gasteiger partial charge is 0.305 e. The molecule has 3 aromatic carbocycles. The van der Waals surface area contributed by atoms with E-state index in [-0.39, 0.29) is 51.9 Å². The maximum Gasteiger partial charge on any atom is 0.305 e. The zero-order valence-corrected chi connectivity index (χ0v) is 22.2. The molecule has 0 N–H and O–H groups in total. The van der Waals surface area contributed by atoms with E-state index < -0.39 is 0 Å². The number of nitriles is 2. The summed E-state index contributed by atoms with van der Waals surface area (Å²) < 4.78 is 0. The van der Waals surface area contributed by atoms with Crippen LogP contribution >= 0.6 is 0 Å². The van der Waals surface area contributed by atoms with Crippen LogP contribution in [0.15, 0.2) is 120 Å². The van der Waals surface area contributed by atoms with E-state index in [2.05, 4.69) is 60.7 Å². The Labute approximate surface area is 246 Å². The van der Waals surface area contributed by atoms with Gasteiger partial charge in [-0.25, -0.2) is 59.9 Å². The fraction of sp³-hybridized carbons (Fsp3) is 0. The monoisotopic (exact) mass is 565 g/mol. The number of aromatic nitrogens is 3. The summed E-state index contributed by atoms with van der Waals surface area (Å²) in [4.78, 5) is 47.1. The van der Waals surface area contributed by atoms with Crippen LogP contribution in [0.3, 0.4) is 0 Å². The van der Waals surface area contributed by atoms with Crippen LogP contribution in [0, 0.1) is 35.8 Å². The van der Waals surface area contributed by atoms with Crippen molar-refractivity contribution in [1.82, 2.24) is 15.0 Å². The molecule has 0 amide bonds. The highest BCUT2D eigenvalue weighted by atomic mass is 15.1. The highest BCUT2D eigenvalue weighted by Gasteiger charge is 2.22. The zero-order valence-electron chi connectivity index (χ0n) is 22.2. The SMILES string of the molecule is [C-]#[N+]C(=C1N=c2ccccc2=N1)c1nc(C(C#N)=C2N=c3ccccc3=N2)nc(-c2ccc3c(c2)=N/C(=C(\C#N)[N+]#[C-])N=3)n1. The van der Waals surface area contributed by atoms with Crippen molar-refractivity contribution >= 4 is 11.3 Å². The molecular formula is C31H11N13. The van der Waals surface area contributed by atoms with E-state index in [0.29, 0.717) is 37.7 Å². The van der Waals surface area contributed by atoms with Gasteiger partial charge in [0.05, 0.1) is 51.4 Å². The lowest BCUT2D eigenvalue weighted by Crippen LogP contribution is -2.21. The molecule has 44 heavy (non-hydrogen) atoms. The fourth-order valence-corrected chi connectivity index (χ4v) is 4.48. The van der Waals surface area contributed by atoms with Gasteiger partial charge in [0, 0.05) is 5.56 Å². The number of hydrogen-bond acceptors (Lipinski definition) is 11. The first-order chi connectivity index (χ1) is 21.6. The van der Waals surface area contributed by atoms with Crippen LogP contribution in [0.25, 0.3) is 32.3 Å². The maximum atomic E-state index is 10.2. The number of hydrogen-bond donors (Lipinski definition) is 0. The molecule has 0 atom stereocenters. The average Bonchev–Trinajstić information content (AvgIpc) is 3.78. The third-order valence-corrected chi connectivity index (χ3v) is 6.51. The lowest BCUT2D eigenvalue weighted by molar-refractivity contribution is 0.991. The molecule has 13 nitrogen and oxygen atoms in total. The molecule has 4 heterocycles. The molecule has 0 spiro atoms. The molecule has 0 saturated carbocycles. The highest BCUT2D eigenvalue weighted by molar-refractivity contribution is 5.78. The summed E-state index contributed by atoms with van der Waals surface area (Å²) in [6.45, 7) is 15.2. The van der Waals surface area contributed by atoms with E-state index in [1.54, 1.807) is 48.5 Å². The van der Waals surface area contributed by atoms with E-state index in [9.17, 15) is 10.5 Å². The lowest BCUT2D eigenvalue weighted by Gasteiger charge is -2.07. The van der Waals surface area contributed by atoms with Crippen LogP contribution in [-0.2, 0) is 0 Å². The molecular weight excluding hydrogens is 554 g/mol. The minimum absolute atomic E-state index is 0.0104. The van der Waals surface area contributed by atoms with Crippen molar-refractivity contribution in [3.63, 3.8) is 0 Å². The van der Waals surface area contributed by atoms with Gasteiger partial charge in [-0.05, 0) is 42.5 Å². The van der Waals surface area contributed by atoms with Gasteiger partial charge in [-0.2, -0.15) is 5.26 Å². The molecule has 0 unspecified atom stereocenters. The number of allylic oxidation sites excluding steroid dienone is 2. The van der Waals surface area contributed by atoms with E-state index in [0.717, 1.165) is 0 Å². The molecule has 3 aliphatic heterocycles.